The van der Waals surface area contributed by atoms with Crippen molar-refractivity contribution in [2.24, 2.45) is 5.92 Å². The lowest BCUT2D eigenvalue weighted by atomic mass is 9.85. The largest absolute Gasteiger partial charge is 0.388 e. The van der Waals surface area contributed by atoms with Gasteiger partial charge in [0, 0.05) is 12.1 Å². The Labute approximate surface area is 150 Å². The van der Waals surface area contributed by atoms with Crippen molar-refractivity contribution in [3.8, 4) is 0 Å². The summed E-state index contributed by atoms with van der Waals surface area (Å²) in [4.78, 5) is 25.0. The van der Waals surface area contributed by atoms with Crippen molar-refractivity contribution >= 4 is 11.8 Å². The number of carbonyl (C=O) groups excluding carboxylic acids is 2. The molecule has 1 fully saturated rings. The fourth-order valence-electron chi connectivity index (χ4n) is 3.29. The molecule has 2 amide bonds. The minimum absolute atomic E-state index is 0.0465. The van der Waals surface area contributed by atoms with E-state index >= 15 is 0 Å². The number of rotatable bonds is 6. The second kappa shape index (κ2) is 8.48. The molecule has 0 heterocycles. The van der Waals surface area contributed by atoms with Crippen molar-refractivity contribution in [1.82, 2.24) is 10.6 Å². The molecule has 0 aromatic heterocycles. The fraction of sp³-hybridized carbons (Fsp3) is 0.600. The lowest BCUT2D eigenvalue weighted by Gasteiger charge is -2.33. The minimum atomic E-state index is -0.810. The number of hydrogen-bond acceptors (Lipinski definition) is 3. The first-order valence-electron chi connectivity index (χ1n) is 9.18. The molecule has 5 nitrogen and oxygen atoms in total. The summed E-state index contributed by atoms with van der Waals surface area (Å²) in [6.07, 6.45) is 4.55. The summed E-state index contributed by atoms with van der Waals surface area (Å²) in [6.45, 7) is 5.97. The maximum absolute atomic E-state index is 12.6. The molecule has 0 saturated heterocycles. The Kier molecular flexibility index (Phi) is 6.59. The van der Waals surface area contributed by atoms with Crippen LogP contribution in [0.1, 0.15) is 61.9 Å². The molecule has 5 heteroatoms. The maximum atomic E-state index is 12.6. The van der Waals surface area contributed by atoms with Crippen LogP contribution < -0.4 is 10.6 Å². The highest BCUT2D eigenvalue weighted by molar-refractivity contribution is 5.97. The Morgan fingerprint density at radius 1 is 1.20 bits per heavy atom. The SMILES string of the molecule is Cc1cccc(C(=O)NC(C(=O)NCC2(O)CCCCC2)C(C)C)c1. The van der Waals surface area contributed by atoms with E-state index in [1.54, 1.807) is 12.1 Å². The predicted octanol–water partition coefficient (Wildman–Crippen LogP) is 2.56. The molecular weight excluding hydrogens is 316 g/mol. The average molecular weight is 346 g/mol. The number of hydrogen-bond donors (Lipinski definition) is 3. The van der Waals surface area contributed by atoms with Crippen LogP contribution in [0.2, 0.25) is 0 Å². The average Bonchev–Trinajstić information content (AvgIpc) is 2.58. The fourth-order valence-corrected chi connectivity index (χ4v) is 3.29. The highest BCUT2D eigenvalue weighted by atomic mass is 16.3. The Morgan fingerprint density at radius 2 is 1.88 bits per heavy atom. The summed E-state index contributed by atoms with van der Waals surface area (Å²) < 4.78 is 0. The van der Waals surface area contributed by atoms with Crippen LogP contribution in [0.4, 0.5) is 0 Å². The van der Waals surface area contributed by atoms with Gasteiger partial charge >= 0.3 is 0 Å². The van der Waals surface area contributed by atoms with E-state index in [0.29, 0.717) is 5.56 Å². The molecule has 2 rings (SSSR count). The summed E-state index contributed by atoms with van der Waals surface area (Å²) in [5.74, 6) is -0.543. The second-order valence-electron chi connectivity index (χ2n) is 7.57. The van der Waals surface area contributed by atoms with Crippen molar-refractivity contribution in [1.29, 1.82) is 0 Å². The standard InChI is InChI=1S/C20H30N2O3/c1-14(2)17(22-18(23)16-9-7-8-15(3)12-16)19(24)21-13-20(25)10-5-4-6-11-20/h7-9,12,14,17,25H,4-6,10-11,13H2,1-3H3,(H,21,24)(H,22,23). The van der Waals surface area contributed by atoms with Gasteiger partial charge < -0.3 is 15.7 Å². The van der Waals surface area contributed by atoms with Crippen molar-refractivity contribution < 1.29 is 14.7 Å². The zero-order valence-corrected chi connectivity index (χ0v) is 15.5. The lowest BCUT2D eigenvalue weighted by molar-refractivity contribution is -0.125. The summed E-state index contributed by atoms with van der Waals surface area (Å²) in [5.41, 5.74) is 0.734. The first-order valence-corrected chi connectivity index (χ1v) is 9.18. The zero-order chi connectivity index (χ0) is 18.4. The van der Waals surface area contributed by atoms with Crippen LogP contribution in [0.5, 0.6) is 0 Å². The smallest absolute Gasteiger partial charge is 0.251 e. The van der Waals surface area contributed by atoms with Gasteiger partial charge in [0.25, 0.3) is 5.91 Å². The third kappa shape index (κ3) is 5.56. The van der Waals surface area contributed by atoms with Gasteiger partial charge in [0.05, 0.1) is 5.60 Å². The molecule has 138 valence electrons. The number of benzene rings is 1. The van der Waals surface area contributed by atoms with Crippen LogP contribution in [0, 0.1) is 12.8 Å². The van der Waals surface area contributed by atoms with Crippen molar-refractivity contribution in [3.63, 3.8) is 0 Å². The molecule has 25 heavy (non-hydrogen) atoms. The van der Waals surface area contributed by atoms with E-state index in [9.17, 15) is 14.7 Å². The normalized spacial score (nSPS) is 17.8. The molecule has 3 N–H and O–H groups in total. The second-order valence-corrected chi connectivity index (χ2v) is 7.57. The molecular formula is C20H30N2O3. The molecule has 0 radical (unpaired) electrons. The molecule has 1 aliphatic carbocycles. The van der Waals surface area contributed by atoms with Gasteiger partial charge in [-0.2, -0.15) is 0 Å². The molecule has 0 spiro atoms. The summed E-state index contributed by atoms with van der Waals surface area (Å²) in [6, 6.07) is 6.67. The summed E-state index contributed by atoms with van der Waals surface area (Å²) >= 11 is 0. The Bertz CT molecular complexity index is 607. The molecule has 1 aromatic carbocycles. The summed E-state index contributed by atoms with van der Waals surface area (Å²) in [5, 5.41) is 16.2. The van der Waals surface area contributed by atoms with E-state index in [-0.39, 0.29) is 24.3 Å². The first-order chi connectivity index (χ1) is 11.8. The number of carbonyl (C=O) groups is 2. The lowest BCUT2D eigenvalue weighted by Crippen LogP contribution is -2.53. The van der Waals surface area contributed by atoms with Crippen LogP contribution in [-0.4, -0.2) is 35.1 Å². The molecule has 0 aliphatic heterocycles. The summed E-state index contributed by atoms with van der Waals surface area (Å²) in [7, 11) is 0. The number of amides is 2. The predicted molar refractivity (Wildman–Crippen MR) is 98.3 cm³/mol. The van der Waals surface area contributed by atoms with Crippen molar-refractivity contribution in [3.05, 3.63) is 35.4 Å². The topological polar surface area (TPSA) is 78.4 Å². The van der Waals surface area contributed by atoms with E-state index in [4.69, 9.17) is 0 Å². The molecule has 1 saturated carbocycles. The van der Waals surface area contributed by atoms with E-state index in [1.165, 1.54) is 0 Å². The zero-order valence-electron chi connectivity index (χ0n) is 15.5. The van der Waals surface area contributed by atoms with Crippen LogP contribution in [-0.2, 0) is 4.79 Å². The number of nitrogens with one attached hydrogen (secondary N) is 2. The van der Waals surface area contributed by atoms with Crippen molar-refractivity contribution in [2.45, 2.75) is 64.5 Å². The highest BCUT2D eigenvalue weighted by Crippen LogP contribution is 2.27. The van der Waals surface area contributed by atoms with E-state index in [0.717, 1.165) is 37.7 Å². The van der Waals surface area contributed by atoms with Crippen LogP contribution in [0.3, 0.4) is 0 Å². The number of aliphatic hydroxyl groups is 1. The van der Waals surface area contributed by atoms with Gasteiger partial charge in [0.15, 0.2) is 0 Å². The van der Waals surface area contributed by atoms with Gasteiger partial charge in [-0.05, 0) is 37.8 Å². The van der Waals surface area contributed by atoms with Crippen LogP contribution in [0.15, 0.2) is 24.3 Å². The van der Waals surface area contributed by atoms with E-state index in [1.807, 2.05) is 32.9 Å². The Hall–Kier alpha value is -1.88. The van der Waals surface area contributed by atoms with Gasteiger partial charge in [-0.3, -0.25) is 9.59 Å². The Morgan fingerprint density at radius 3 is 2.48 bits per heavy atom. The minimum Gasteiger partial charge on any atom is -0.388 e. The first kappa shape index (κ1) is 19.4. The highest BCUT2D eigenvalue weighted by Gasteiger charge is 2.31. The van der Waals surface area contributed by atoms with Crippen LogP contribution >= 0.6 is 0 Å². The number of aryl methyl sites for hydroxylation is 1. The van der Waals surface area contributed by atoms with Gasteiger partial charge in [-0.1, -0.05) is 50.8 Å². The molecule has 1 aromatic rings. The Balaban J connectivity index is 1.97. The van der Waals surface area contributed by atoms with E-state index < -0.39 is 11.6 Å². The quantitative estimate of drug-likeness (QED) is 0.741. The van der Waals surface area contributed by atoms with E-state index in [2.05, 4.69) is 10.6 Å². The monoisotopic (exact) mass is 346 g/mol. The third-order valence-electron chi connectivity index (χ3n) is 4.89. The van der Waals surface area contributed by atoms with Crippen LogP contribution in [0.25, 0.3) is 0 Å². The van der Waals surface area contributed by atoms with Gasteiger partial charge in [0.1, 0.15) is 6.04 Å². The maximum Gasteiger partial charge on any atom is 0.251 e. The molecule has 0 bridgehead atoms. The molecule has 1 unspecified atom stereocenters. The van der Waals surface area contributed by atoms with Gasteiger partial charge in [0.2, 0.25) is 5.91 Å². The van der Waals surface area contributed by atoms with Gasteiger partial charge in [-0.15, -0.1) is 0 Å². The third-order valence-corrected chi connectivity index (χ3v) is 4.89. The molecule has 1 atom stereocenters. The van der Waals surface area contributed by atoms with Crippen molar-refractivity contribution in [2.75, 3.05) is 6.54 Å². The van der Waals surface area contributed by atoms with Gasteiger partial charge in [-0.25, -0.2) is 0 Å². The molecule has 1 aliphatic rings.